The van der Waals surface area contributed by atoms with E-state index < -0.39 is 54.0 Å². The van der Waals surface area contributed by atoms with Crippen LogP contribution in [-0.4, -0.2) is 74.1 Å². The maximum Gasteiger partial charge on any atom is 0.326 e. The summed E-state index contributed by atoms with van der Waals surface area (Å²) in [5.74, 6) is -3.53. The summed E-state index contributed by atoms with van der Waals surface area (Å²) in [5, 5.41) is 27.1. The van der Waals surface area contributed by atoms with Gasteiger partial charge in [-0.15, -0.1) is 0 Å². The third-order valence-electron chi connectivity index (χ3n) is 5.51. The first-order valence-electron chi connectivity index (χ1n) is 11.4. The first-order chi connectivity index (χ1) is 15.9. The second kappa shape index (κ2) is 13.7. The molecule has 34 heavy (non-hydrogen) atoms. The predicted molar refractivity (Wildman–Crippen MR) is 124 cm³/mol. The summed E-state index contributed by atoms with van der Waals surface area (Å²) in [6.07, 6.45) is 2.48. The molecule has 1 rings (SSSR count). The zero-order valence-electron chi connectivity index (χ0n) is 20.4. The van der Waals surface area contributed by atoms with Crippen molar-refractivity contribution in [3.63, 3.8) is 0 Å². The summed E-state index contributed by atoms with van der Waals surface area (Å²) >= 11 is 0. The molecule has 0 aromatic carbocycles. The molecule has 0 bridgehead atoms. The average Bonchev–Trinajstić information content (AvgIpc) is 3.26. The molecule has 8 N–H and O–H groups in total. The third-order valence-corrected chi connectivity index (χ3v) is 5.51. The number of rotatable bonds is 14. The molecule has 12 heteroatoms. The van der Waals surface area contributed by atoms with Gasteiger partial charge in [-0.2, -0.15) is 0 Å². The fourth-order valence-corrected chi connectivity index (χ4v) is 3.30. The molecule has 0 aliphatic rings. The normalized spacial score (nSPS) is 16.6. The van der Waals surface area contributed by atoms with E-state index in [1.165, 1.54) is 19.4 Å². The van der Waals surface area contributed by atoms with E-state index in [2.05, 4.69) is 25.9 Å². The first-order valence-corrected chi connectivity index (χ1v) is 11.4. The van der Waals surface area contributed by atoms with Crippen LogP contribution in [0.25, 0.3) is 0 Å². The van der Waals surface area contributed by atoms with Crippen LogP contribution in [0.5, 0.6) is 0 Å². The number of carboxylic acids is 1. The van der Waals surface area contributed by atoms with Crippen molar-refractivity contribution < 1.29 is 29.4 Å². The zero-order valence-corrected chi connectivity index (χ0v) is 20.4. The SMILES string of the molecule is CCC(C)C(NC(=O)C(Cc1cnc[nH]1)NC(=O)C(NC(=O)C(N)CC(C)C)C(C)O)C(=O)O. The first kappa shape index (κ1) is 29.0. The monoisotopic (exact) mass is 482 g/mol. The molecule has 1 heterocycles. The Bertz CT molecular complexity index is 813. The minimum Gasteiger partial charge on any atom is -0.480 e. The van der Waals surface area contributed by atoms with Crippen LogP contribution < -0.4 is 21.7 Å². The van der Waals surface area contributed by atoms with Crippen molar-refractivity contribution in [2.24, 2.45) is 17.6 Å². The lowest BCUT2D eigenvalue weighted by molar-refractivity contribution is -0.144. The molecule has 0 radical (unpaired) electrons. The van der Waals surface area contributed by atoms with Gasteiger partial charge in [0.1, 0.15) is 18.1 Å². The quantitative estimate of drug-likeness (QED) is 0.180. The van der Waals surface area contributed by atoms with Gasteiger partial charge in [0.2, 0.25) is 17.7 Å². The Labute approximate surface area is 199 Å². The van der Waals surface area contributed by atoms with Crippen LogP contribution in [0, 0.1) is 11.8 Å². The summed E-state index contributed by atoms with van der Waals surface area (Å²) in [6.45, 7) is 8.62. The Balaban J connectivity index is 3.05. The van der Waals surface area contributed by atoms with Gasteiger partial charge in [-0.05, 0) is 25.2 Å². The van der Waals surface area contributed by atoms with Crippen molar-refractivity contribution in [3.05, 3.63) is 18.2 Å². The fraction of sp³-hybridized carbons (Fsp3) is 0.682. The van der Waals surface area contributed by atoms with Gasteiger partial charge in [0.25, 0.3) is 0 Å². The summed E-state index contributed by atoms with van der Waals surface area (Å²) in [7, 11) is 0. The minimum atomic E-state index is -1.37. The number of aliphatic carboxylic acids is 1. The molecule has 1 aromatic rings. The van der Waals surface area contributed by atoms with Gasteiger partial charge >= 0.3 is 5.97 Å². The number of carboxylic acid groups (broad SMARTS) is 1. The van der Waals surface area contributed by atoms with Gasteiger partial charge < -0.3 is 36.9 Å². The van der Waals surface area contributed by atoms with E-state index in [9.17, 15) is 29.4 Å². The molecule has 0 fully saturated rings. The third kappa shape index (κ3) is 9.10. The number of amides is 3. The summed E-state index contributed by atoms with van der Waals surface area (Å²) in [5.41, 5.74) is 6.40. The number of nitrogens with two attached hydrogens (primary N) is 1. The Morgan fingerprint density at radius 1 is 1.03 bits per heavy atom. The van der Waals surface area contributed by atoms with Gasteiger partial charge in [0.05, 0.1) is 18.5 Å². The molecule has 12 nitrogen and oxygen atoms in total. The molecule has 0 aliphatic heterocycles. The number of nitrogens with one attached hydrogen (secondary N) is 4. The topological polar surface area (TPSA) is 200 Å². The van der Waals surface area contributed by atoms with E-state index in [0.29, 0.717) is 18.5 Å². The molecule has 192 valence electrons. The molecule has 0 aliphatic carbocycles. The van der Waals surface area contributed by atoms with Gasteiger partial charge in [0, 0.05) is 18.3 Å². The Hall–Kier alpha value is -2.99. The summed E-state index contributed by atoms with van der Waals surface area (Å²) < 4.78 is 0. The molecule has 0 spiro atoms. The second-order valence-electron chi connectivity index (χ2n) is 9.02. The second-order valence-corrected chi connectivity index (χ2v) is 9.02. The average molecular weight is 483 g/mol. The Morgan fingerprint density at radius 2 is 1.65 bits per heavy atom. The molecule has 3 amide bonds. The lowest BCUT2D eigenvalue weighted by atomic mass is 9.98. The van der Waals surface area contributed by atoms with E-state index in [4.69, 9.17) is 5.73 Å². The van der Waals surface area contributed by atoms with Crippen molar-refractivity contribution in [2.45, 2.75) is 84.2 Å². The number of imidazole rings is 1. The predicted octanol–water partition coefficient (Wildman–Crippen LogP) is -0.708. The largest absolute Gasteiger partial charge is 0.480 e. The maximum absolute atomic E-state index is 13.0. The van der Waals surface area contributed by atoms with Crippen molar-refractivity contribution in [3.8, 4) is 0 Å². The van der Waals surface area contributed by atoms with E-state index in [-0.39, 0.29) is 18.3 Å². The number of aromatic amines is 1. The molecule has 6 atom stereocenters. The highest BCUT2D eigenvalue weighted by Crippen LogP contribution is 2.10. The molecule has 6 unspecified atom stereocenters. The number of carbonyl (C=O) groups is 4. The number of aliphatic hydroxyl groups is 1. The van der Waals surface area contributed by atoms with Crippen LogP contribution in [0.1, 0.15) is 53.2 Å². The van der Waals surface area contributed by atoms with Gasteiger partial charge in [0.15, 0.2) is 0 Å². The highest BCUT2D eigenvalue weighted by Gasteiger charge is 2.33. The van der Waals surface area contributed by atoms with E-state index in [1.54, 1.807) is 13.8 Å². The highest BCUT2D eigenvalue weighted by molar-refractivity contribution is 5.94. The Kier molecular flexibility index (Phi) is 11.7. The number of hydrogen-bond acceptors (Lipinski definition) is 7. The lowest BCUT2D eigenvalue weighted by Crippen LogP contribution is -2.60. The van der Waals surface area contributed by atoms with Crippen molar-refractivity contribution in [1.82, 2.24) is 25.9 Å². The van der Waals surface area contributed by atoms with Crippen LogP contribution in [0.2, 0.25) is 0 Å². The zero-order chi connectivity index (χ0) is 26.0. The van der Waals surface area contributed by atoms with Crippen molar-refractivity contribution in [2.75, 3.05) is 0 Å². The molecule has 1 aromatic heterocycles. The number of H-pyrrole nitrogens is 1. The number of nitrogens with zero attached hydrogens (tertiary/aromatic N) is 1. The number of carbonyl (C=O) groups excluding carboxylic acids is 3. The molecular weight excluding hydrogens is 444 g/mol. The highest BCUT2D eigenvalue weighted by atomic mass is 16.4. The van der Waals surface area contributed by atoms with E-state index in [0.717, 1.165) is 0 Å². The van der Waals surface area contributed by atoms with Gasteiger partial charge in [-0.25, -0.2) is 9.78 Å². The fourth-order valence-electron chi connectivity index (χ4n) is 3.30. The standard InChI is InChI=1S/C22H38N6O6/c1-6-12(4)17(22(33)34)27-20(31)16(8-14-9-24-10-25-14)26-21(32)18(13(5)29)28-19(30)15(23)7-11(2)3/h9-13,15-18,29H,6-8,23H2,1-5H3,(H,24,25)(H,26,32)(H,27,31)(H,28,30)(H,33,34). The number of aliphatic hydroxyl groups excluding tert-OH is 1. The molecule has 0 saturated heterocycles. The minimum absolute atomic E-state index is 0.0161. The lowest BCUT2D eigenvalue weighted by Gasteiger charge is -2.27. The smallest absolute Gasteiger partial charge is 0.326 e. The Morgan fingerprint density at radius 3 is 2.12 bits per heavy atom. The van der Waals surface area contributed by atoms with Crippen LogP contribution in [-0.2, 0) is 25.6 Å². The van der Waals surface area contributed by atoms with Crippen molar-refractivity contribution in [1.29, 1.82) is 0 Å². The summed E-state index contributed by atoms with van der Waals surface area (Å²) in [6, 6.07) is -4.58. The van der Waals surface area contributed by atoms with Crippen LogP contribution >= 0.6 is 0 Å². The van der Waals surface area contributed by atoms with Crippen molar-refractivity contribution >= 4 is 23.7 Å². The van der Waals surface area contributed by atoms with Crippen LogP contribution in [0.3, 0.4) is 0 Å². The van der Waals surface area contributed by atoms with E-state index >= 15 is 0 Å². The van der Waals surface area contributed by atoms with Gasteiger partial charge in [-0.3, -0.25) is 14.4 Å². The number of aromatic nitrogens is 2. The molecule has 0 saturated carbocycles. The number of hydrogen-bond donors (Lipinski definition) is 7. The van der Waals surface area contributed by atoms with Crippen LogP contribution in [0.15, 0.2) is 12.5 Å². The summed E-state index contributed by atoms with van der Waals surface area (Å²) in [4.78, 5) is 56.7. The maximum atomic E-state index is 13.0. The van der Waals surface area contributed by atoms with E-state index in [1.807, 2.05) is 13.8 Å². The molecular formula is C22H38N6O6. The van der Waals surface area contributed by atoms with Crippen LogP contribution in [0.4, 0.5) is 0 Å². The van der Waals surface area contributed by atoms with Gasteiger partial charge in [-0.1, -0.05) is 34.1 Å².